The molecule has 0 bridgehead atoms. The van der Waals surface area contributed by atoms with Gasteiger partial charge in [0, 0.05) is 16.8 Å². The minimum Gasteiger partial charge on any atom is -0.322 e. The first-order valence-electron chi connectivity index (χ1n) is 8.18. The van der Waals surface area contributed by atoms with Crippen LogP contribution < -0.4 is 10.6 Å². The van der Waals surface area contributed by atoms with Crippen molar-refractivity contribution < 1.29 is 18.4 Å². The van der Waals surface area contributed by atoms with E-state index in [2.05, 4.69) is 10.6 Å². The Hall–Kier alpha value is -3.54. The molecule has 3 rings (SSSR count). The Morgan fingerprint density at radius 1 is 0.741 bits per heavy atom. The largest absolute Gasteiger partial charge is 0.322 e. The number of benzene rings is 3. The lowest BCUT2D eigenvalue weighted by molar-refractivity contribution is 0.102. The Bertz CT molecular complexity index is 998. The smallest absolute Gasteiger partial charge is 0.255 e. The Kier molecular flexibility index (Phi) is 5.26. The molecule has 3 aromatic carbocycles. The molecule has 6 heteroatoms. The Morgan fingerprint density at radius 2 is 1.30 bits per heavy atom. The molecule has 0 unspecified atom stereocenters. The highest BCUT2D eigenvalue weighted by Gasteiger charge is 2.15. The number of halogens is 2. The summed E-state index contributed by atoms with van der Waals surface area (Å²) in [5.74, 6) is -2.87. The molecule has 0 atom stereocenters. The van der Waals surface area contributed by atoms with E-state index in [1.54, 1.807) is 18.2 Å². The van der Waals surface area contributed by atoms with Gasteiger partial charge in [0.2, 0.25) is 0 Å². The second-order valence-electron chi connectivity index (χ2n) is 5.90. The van der Waals surface area contributed by atoms with Crippen molar-refractivity contribution in [2.75, 3.05) is 10.6 Å². The fourth-order valence-electron chi connectivity index (χ4n) is 2.51. The molecule has 0 saturated carbocycles. The number of amides is 2. The van der Waals surface area contributed by atoms with E-state index >= 15 is 0 Å². The molecular formula is C21H16F2N2O2. The van der Waals surface area contributed by atoms with Gasteiger partial charge in [-0.1, -0.05) is 30.3 Å². The molecule has 4 nitrogen and oxygen atoms in total. The van der Waals surface area contributed by atoms with Gasteiger partial charge >= 0.3 is 0 Å². The van der Waals surface area contributed by atoms with Gasteiger partial charge in [-0.15, -0.1) is 0 Å². The normalized spacial score (nSPS) is 10.3. The zero-order chi connectivity index (χ0) is 19.4. The lowest BCUT2D eigenvalue weighted by Crippen LogP contribution is -2.17. The van der Waals surface area contributed by atoms with E-state index in [-0.39, 0.29) is 11.1 Å². The molecule has 27 heavy (non-hydrogen) atoms. The van der Waals surface area contributed by atoms with Crippen molar-refractivity contribution in [1.82, 2.24) is 0 Å². The molecule has 0 aliphatic rings. The van der Waals surface area contributed by atoms with Crippen molar-refractivity contribution in [3.63, 3.8) is 0 Å². The van der Waals surface area contributed by atoms with E-state index in [0.717, 1.165) is 17.7 Å². The predicted molar refractivity (Wildman–Crippen MR) is 99.9 cm³/mol. The number of para-hydroxylation sites is 2. The van der Waals surface area contributed by atoms with Crippen molar-refractivity contribution in [3.05, 3.63) is 95.1 Å². The van der Waals surface area contributed by atoms with Crippen molar-refractivity contribution in [1.29, 1.82) is 0 Å². The molecule has 136 valence electrons. The number of aryl methyl sites for hydroxylation is 1. The van der Waals surface area contributed by atoms with E-state index in [0.29, 0.717) is 5.69 Å². The summed E-state index contributed by atoms with van der Waals surface area (Å²) in [7, 11) is 0. The van der Waals surface area contributed by atoms with Crippen LogP contribution >= 0.6 is 0 Å². The standard InChI is InChI=1S/C21H16F2N2O2/c1-13-6-2-3-11-18(13)24-20(26)14-7-4-8-15(12-14)21(27)25-19-16(22)9-5-10-17(19)23/h2-12H,1H3,(H,24,26)(H,25,27). The van der Waals surface area contributed by atoms with Gasteiger partial charge < -0.3 is 10.6 Å². The van der Waals surface area contributed by atoms with Crippen LogP contribution in [0.4, 0.5) is 20.2 Å². The summed E-state index contributed by atoms with van der Waals surface area (Å²) >= 11 is 0. The third-order valence-corrected chi connectivity index (χ3v) is 3.98. The first kappa shape index (κ1) is 18.3. The zero-order valence-electron chi connectivity index (χ0n) is 14.4. The van der Waals surface area contributed by atoms with Gasteiger partial charge in [-0.2, -0.15) is 0 Å². The van der Waals surface area contributed by atoms with Crippen LogP contribution in [0.15, 0.2) is 66.7 Å². The summed E-state index contributed by atoms with van der Waals surface area (Å²) in [5.41, 5.74) is 1.38. The minimum atomic E-state index is -0.878. The number of anilines is 2. The number of carbonyl (C=O) groups excluding carboxylic acids is 2. The van der Waals surface area contributed by atoms with Crippen LogP contribution in [-0.4, -0.2) is 11.8 Å². The van der Waals surface area contributed by atoms with Gasteiger partial charge in [0.15, 0.2) is 0 Å². The summed E-state index contributed by atoms with van der Waals surface area (Å²) in [5, 5.41) is 4.97. The number of rotatable bonds is 4. The molecule has 0 aromatic heterocycles. The summed E-state index contributed by atoms with van der Waals surface area (Å²) in [6.07, 6.45) is 0. The maximum absolute atomic E-state index is 13.7. The quantitative estimate of drug-likeness (QED) is 0.698. The topological polar surface area (TPSA) is 58.2 Å². The second kappa shape index (κ2) is 7.78. The Labute approximate surface area is 154 Å². The SMILES string of the molecule is Cc1ccccc1NC(=O)c1cccc(C(=O)Nc2c(F)cccc2F)c1. The van der Waals surface area contributed by atoms with Crippen LogP contribution in [-0.2, 0) is 0 Å². The van der Waals surface area contributed by atoms with Crippen LogP contribution in [0, 0.1) is 18.6 Å². The van der Waals surface area contributed by atoms with E-state index in [4.69, 9.17) is 0 Å². The molecule has 0 aliphatic carbocycles. The van der Waals surface area contributed by atoms with Gasteiger partial charge in [0.1, 0.15) is 17.3 Å². The number of carbonyl (C=O) groups is 2. The molecule has 0 saturated heterocycles. The second-order valence-corrected chi connectivity index (χ2v) is 5.90. The lowest BCUT2D eigenvalue weighted by Gasteiger charge is -2.10. The van der Waals surface area contributed by atoms with Crippen molar-refractivity contribution in [2.24, 2.45) is 0 Å². The molecule has 2 amide bonds. The van der Waals surface area contributed by atoms with Crippen LogP contribution in [0.1, 0.15) is 26.3 Å². The van der Waals surface area contributed by atoms with Crippen molar-refractivity contribution >= 4 is 23.2 Å². The fraction of sp³-hybridized carbons (Fsp3) is 0.0476. The highest BCUT2D eigenvalue weighted by Crippen LogP contribution is 2.20. The number of nitrogens with one attached hydrogen (secondary N) is 2. The molecule has 0 fully saturated rings. The molecule has 2 N–H and O–H groups in total. The maximum Gasteiger partial charge on any atom is 0.255 e. The Balaban J connectivity index is 1.80. The van der Waals surface area contributed by atoms with E-state index in [1.807, 2.05) is 19.1 Å². The molecule has 3 aromatic rings. The molecular weight excluding hydrogens is 350 g/mol. The average Bonchev–Trinajstić information content (AvgIpc) is 2.66. The van der Waals surface area contributed by atoms with Crippen LogP contribution in [0.5, 0.6) is 0 Å². The number of hydrogen-bond acceptors (Lipinski definition) is 2. The molecule has 0 aliphatic heterocycles. The van der Waals surface area contributed by atoms with E-state index in [1.165, 1.54) is 24.3 Å². The van der Waals surface area contributed by atoms with Crippen LogP contribution in [0.2, 0.25) is 0 Å². The first-order valence-corrected chi connectivity index (χ1v) is 8.18. The monoisotopic (exact) mass is 366 g/mol. The minimum absolute atomic E-state index is 0.107. The van der Waals surface area contributed by atoms with E-state index in [9.17, 15) is 18.4 Å². The lowest BCUT2D eigenvalue weighted by atomic mass is 10.1. The third kappa shape index (κ3) is 4.17. The average molecular weight is 366 g/mol. The summed E-state index contributed by atoms with van der Waals surface area (Å²) in [6.45, 7) is 1.86. The fourth-order valence-corrected chi connectivity index (χ4v) is 2.51. The summed E-state index contributed by atoms with van der Waals surface area (Å²) in [6, 6.07) is 16.5. The number of hydrogen-bond donors (Lipinski definition) is 2. The maximum atomic E-state index is 13.7. The van der Waals surface area contributed by atoms with Gasteiger partial charge in [-0.25, -0.2) is 8.78 Å². The van der Waals surface area contributed by atoms with E-state index < -0.39 is 29.1 Å². The Morgan fingerprint density at radius 3 is 1.93 bits per heavy atom. The van der Waals surface area contributed by atoms with Crippen LogP contribution in [0.3, 0.4) is 0 Å². The highest BCUT2D eigenvalue weighted by molar-refractivity contribution is 6.09. The van der Waals surface area contributed by atoms with Crippen molar-refractivity contribution in [2.45, 2.75) is 6.92 Å². The van der Waals surface area contributed by atoms with Gasteiger partial charge in [0.05, 0.1) is 0 Å². The highest BCUT2D eigenvalue weighted by atomic mass is 19.1. The third-order valence-electron chi connectivity index (χ3n) is 3.98. The zero-order valence-corrected chi connectivity index (χ0v) is 14.4. The molecule has 0 radical (unpaired) electrons. The van der Waals surface area contributed by atoms with Gasteiger partial charge in [-0.05, 0) is 48.9 Å². The van der Waals surface area contributed by atoms with Crippen molar-refractivity contribution in [3.8, 4) is 0 Å². The molecule has 0 heterocycles. The van der Waals surface area contributed by atoms with Crippen LogP contribution in [0.25, 0.3) is 0 Å². The first-order chi connectivity index (χ1) is 13.0. The van der Waals surface area contributed by atoms with Gasteiger partial charge in [0.25, 0.3) is 11.8 Å². The molecule has 0 spiro atoms. The predicted octanol–water partition coefficient (Wildman–Crippen LogP) is 4.78. The van der Waals surface area contributed by atoms with Gasteiger partial charge in [-0.3, -0.25) is 9.59 Å². The summed E-state index contributed by atoms with van der Waals surface area (Å²) < 4.78 is 27.4. The summed E-state index contributed by atoms with van der Waals surface area (Å²) in [4.78, 5) is 24.8.